The molecule has 0 heterocycles. The van der Waals surface area contributed by atoms with Gasteiger partial charge in [-0.3, -0.25) is 0 Å². The molecule has 1 aromatic carbocycles. The second-order valence-electron chi connectivity index (χ2n) is 1.61. The predicted octanol–water partition coefficient (Wildman–Crippen LogP) is 1.01. The minimum atomic E-state index is 0.797. The van der Waals surface area contributed by atoms with Crippen molar-refractivity contribution in [1.29, 1.82) is 0 Å². The van der Waals surface area contributed by atoms with Crippen LogP contribution in [0.1, 0.15) is 5.56 Å². The van der Waals surface area contributed by atoms with Crippen LogP contribution >= 0.6 is 0 Å². The SMILES string of the molecule is [Ba]=[CH]c1ccccc1. The fraction of sp³-hybridized carbons (Fsp3) is 0. The van der Waals surface area contributed by atoms with E-state index < -0.39 is 0 Å². The summed E-state index contributed by atoms with van der Waals surface area (Å²) in [7, 11) is 0. The van der Waals surface area contributed by atoms with Crippen molar-refractivity contribution in [2.24, 2.45) is 0 Å². The van der Waals surface area contributed by atoms with E-state index in [4.69, 9.17) is 0 Å². The van der Waals surface area contributed by atoms with Crippen LogP contribution in [0, 0.1) is 0 Å². The van der Waals surface area contributed by atoms with Crippen LogP contribution in [0.3, 0.4) is 0 Å². The van der Waals surface area contributed by atoms with Gasteiger partial charge in [-0.2, -0.15) is 0 Å². The zero-order chi connectivity index (χ0) is 5.82. The molecule has 0 saturated carbocycles. The van der Waals surface area contributed by atoms with Crippen molar-refractivity contribution in [2.75, 3.05) is 0 Å². The number of benzene rings is 1. The van der Waals surface area contributed by atoms with Crippen molar-refractivity contribution in [1.82, 2.24) is 0 Å². The van der Waals surface area contributed by atoms with Crippen molar-refractivity contribution < 1.29 is 0 Å². The second-order valence-corrected chi connectivity index (χ2v) is 2.90. The fourth-order valence-corrected chi connectivity index (χ4v) is 1.44. The first-order chi connectivity index (χ1) is 3.93. The third kappa shape index (κ3) is 1.88. The van der Waals surface area contributed by atoms with Gasteiger partial charge in [-0.25, -0.2) is 0 Å². The summed E-state index contributed by atoms with van der Waals surface area (Å²) in [4.78, 5) is 0. The average molecular weight is 227 g/mol. The molecular weight excluding hydrogens is 221 g/mol. The summed E-state index contributed by atoms with van der Waals surface area (Å²) in [6.07, 6.45) is 0. The number of rotatable bonds is 1. The Kier molecular flexibility index (Phi) is 3.09. The molecule has 0 amide bonds. The second kappa shape index (κ2) is 3.64. The number of hydrogen-bond acceptors (Lipinski definition) is 0. The van der Waals surface area contributed by atoms with Crippen molar-refractivity contribution in [3.8, 4) is 0 Å². The molecule has 0 aliphatic carbocycles. The molecule has 0 saturated heterocycles. The van der Waals surface area contributed by atoms with Crippen LogP contribution in [0.25, 0.3) is 0 Å². The Morgan fingerprint density at radius 1 is 1.12 bits per heavy atom. The Bertz CT molecular complexity index is 167. The van der Waals surface area contributed by atoms with Crippen LogP contribution in [0.4, 0.5) is 0 Å². The van der Waals surface area contributed by atoms with Crippen LogP contribution < -0.4 is 0 Å². The van der Waals surface area contributed by atoms with E-state index in [0.29, 0.717) is 0 Å². The summed E-state index contributed by atoms with van der Waals surface area (Å²) >= 11 is 0.797. The van der Waals surface area contributed by atoms with Gasteiger partial charge in [-0.05, 0) is 0 Å². The Balaban J connectivity index is 2.99. The van der Waals surface area contributed by atoms with Crippen LogP contribution in [0.2, 0.25) is 0 Å². The molecular formula is C7H6Ba. The van der Waals surface area contributed by atoms with Crippen molar-refractivity contribution in [3.05, 3.63) is 35.9 Å². The quantitative estimate of drug-likeness (QED) is 0.628. The maximum absolute atomic E-state index is 2.28. The molecule has 0 aliphatic rings. The van der Waals surface area contributed by atoms with Crippen molar-refractivity contribution >= 4 is 46.4 Å². The summed E-state index contributed by atoms with van der Waals surface area (Å²) in [6, 6.07) is 10.4. The van der Waals surface area contributed by atoms with E-state index in [2.05, 4.69) is 24.7 Å². The van der Waals surface area contributed by atoms with Crippen molar-refractivity contribution in [3.63, 3.8) is 0 Å². The zero-order valence-electron chi connectivity index (χ0n) is 4.67. The van der Waals surface area contributed by atoms with Crippen LogP contribution in [-0.4, -0.2) is 46.4 Å². The first-order valence-electron chi connectivity index (χ1n) is 2.61. The normalized spacial score (nSPS) is 8.75. The molecule has 0 bridgehead atoms. The van der Waals surface area contributed by atoms with Gasteiger partial charge in [0.05, 0.1) is 0 Å². The molecule has 0 radical (unpaired) electrons. The van der Waals surface area contributed by atoms with E-state index in [1.54, 1.807) is 0 Å². The summed E-state index contributed by atoms with van der Waals surface area (Å²) in [5, 5.41) is 0. The van der Waals surface area contributed by atoms with E-state index in [0.717, 1.165) is 46.0 Å². The minimum absolute atomic E-state index is 0.797. The molecule has 1 aromatic rings. The molecule has 36 valence electrons. The topological polar surface area (TPSA) is 0 Å². The van der Waals surface area contributed by atoms with Gasteiger partial charge in [0.25, 0.3) is 0 Å². The summed E-state index contributed by atoms with van der Waals surface area (Å²) in [5.41, 5.74) is 1.37. The summed E-state index contributed by atoms with van der Waals surface area (Å²) < 4.78 is 2.28. The van der Waals surface area contributed by atoms with Crippen LogP contribution in [-0.2, 0) is 0 Å². The van der Waals surface area contributed by atoms with Crippen LogP contribution in [0.5, 0.6) is 0 Å². The molecule has 0 atom stereocenters. The third-order valence-corrected chi connectivity index (χ3v) is 2.52. The molecule has 0 nitrogen and oxygen atoms in total. The summed E-state index contributed by atoms with van der Waals surface area (Å²) in [5.74, 6) is 0. The van der Waals surface area contributed by atoms with E-state index in [1.165, 1.54) is 5.56 Å². The maximum atomic E-state index is 2.28. The van der Waals surface area contributed by atoms with Gasteiger partial charge >= 0.3 is 82.3 Å². The molecule has 0 unspecified atom stereocenters. The van der Waals surface area contributed by atoms with Gasteiger partial charge < -0.3 is 0 Å². The Labute approximate surface area is 81.0 Å². The average Bonchev–Trinajstić information content (AvgIpc) is 1.90. The van der Waals surface area contributed by atoms with Gasteiger partial charge in [0, 0.05) is 0 Å². The van der Waals surface area contributed by atoms with E-state index in [9.17, 15) is 0 Å². The first kappa shape index (κ1) is 6.78. The Morgan fingerprint density at radius 2 is 1.75 bits per heavy atom. The van der Waals surface area contributed by atoms with Gasteiger partial charge in [-0.15, -0.1) is 0 Å². The third-order valence-electron chi connectivity index (χ3n) is 1.04. The molecule has 1 rings (SSSR count). The first-order valence-corrected chi connectivity index (χ1v) is 5.17. The molecule has 1 heteroatoms. The van der Waals surface area contributed by atoms with E-state index in [-0.39, 0.29) is 0 Å². The van der Waals surface area contributed by atoms with E-state index in [1.807, 2.05) is 6.07 Å². The van der Waals surface area contributed by atoms with Gasteiger partial charge in [0.1, 0.15) is 0 Å². The van der Waals surface area contributed by atoms with E-state index >= 15 is 0 Å². The fourth-order valence-electron chi connectivity index (χ4n) is 0.589. The molecule has 0 aromatic heterocycles. The predicted molar refractivity (Wildman–Crippen MR) is 37.4 cm³/mol. The van der Waals surface area contributed by atoms with Gasteiger partial charge in [0.15, 0.2) is 0 Å². The van der Waals surface area contributed by atoms with Gasteiger partial charge in [0.2, 0.25) is 0 Å². The molecule has 0 spiro atoms. The Hall–Kier alpha value is 0.661. The molecule has 0 N–H and O–H groups in total. The molecule has 0 fully saturated rings. The zero-order valence-corrected chi connectivity index (χ0v) is 9.11. The molecule has 8 heavy (non-hydrogen) atoms. The summed E-state index contributed by atoms with van der Waals surface area (Å²) in [6.45, 7) is 0. The Morgan fingerprint density at radius 3 is 2.12 bits per heavy atom. The molecule has 0 aliphatic heterocycles. The monoisotopic (exact) mass is 228 g/mol. The van der Waals surface area contributed by atoms with Gasteiger partial charge in [-0.1, -0.05) is 0 Å². The van der Waals surface area contributed by atoms with Crippen molar-refractivity contribution in [2.45, 2.75) is 0 Å². The van der Waals surface area contributed by atoms with Crippen LogP contribution in [0.15, 0.2) is 30.3 Å². The standard InChI is InChI=1S/C7H6.Ba/c1-7-5-3-2-4-6-7;/h1-6H;. The number of hydrogen-bond donors (Lipinski definition) is 0.